The highest BCUT2D eigenvalue weighted by Gasteiger charge is 2.34. The Morgan fingerprint density at radius 2 is 2.19 bits per heavy atom. The summed E-state index contributed by atoms with van der Waals surface area (Å²) in [5.41, 5.74) is 0.0152. The summed E-state index contributed by atoms with van der Waals surface area (Å²) in [5, 5.41) is 22.7. The standard InChI is InChI=1S/C12H17NO3/c14-8-12(9-16-7-3-6-13-12)10-4-1-2-5-11(10)15/h1-2,4-5,13-15H,3,6-9H2. The van der Waals surface area contributed by atoms with E-state index in [-0.39, 0.29) is 12.4 Å². The van der Waals surface area contributed by atoms with Gasteiger partial charge in [-0.05, 0) is 19.0 Å². The van der Waals surface area contributed by atoms with Gasteiger partial charge >= 0.3 is 0 Å². The monoisotopic (exact) mass is 223 g/mol. The predicted molar refractivity (Wildman–Crippen MR) is 60.3 cm³/mol. The molecule has 1 aromatic rings. The second kappa shape index (κ2) is 4.82. The number of ether oxygens (including phenoxy) is 1. The summed E-state index contributed by atoms with van der Waals surface area (Å²) in [6.07, 6.45) is 0.912. The molecule has 1 atom stereocenters. The van der Waals surface area contributed by atoms with Gasteiger partial charge in [-0.3, -0.25) is 0 Å². The number of aliphatic hydroxyl groups excluding tert-OH is 1. The van der Waals surface area contributed by atoms with Crippen LogP contribution in [0.15, 0.2) is 24.3 Å². The summed E-state index contributed by atoms with van der Waals surface area (Å²) in [6, 6.07) is 7.05. The van der Waals surface area contributed by atoms with Crippen LogP contribution in [0.4, 0.5) is 0 Å². The lowest BCUT2D eigenvalue weighted by Gasteiger charge is -2.32. The fraction of sp³-hybridized carbons (Fsp3) is 0.500. The summed E-state index contributed by atoms with van der Waals surface area (Å²) in [7, 11) is 0. The molecule has 0 aliphatic carbocycles. The van der Waals surface area contributed by atoms with Gasteiger partial charge in [0.1, 0.15) is 5.75 Å². The van der Waals surface area contributed by atoms with Crippen LogP contribution in [0.5, 0.6) is 5.75 Å². The Hall–Kier alpha value is -1.10. The highest BCUT2D eigenvalue weighted by atomic mass is 16.5. The Morgan fingerprint density at radius 3 is 2.94 bits per heavy atom. The lowest BCUT2D eigenvalue weighted by atomic mass is 9.90. The van der Waals surface area contributed by atoms with Crippen molar-refractivity contribution < 1.29 is 14.9 Å². The van der Waals surface area contributed by atoms with Crippen LogP contribution in [0.25, 0.3) is 0 Å². The van der Waals surface area contributed by atoms with E-state index in [9.17, 15) is 10.2 Å². The van der Waals surface area contributed by atoms with Crippen LogP contribution in [0, 0.1) is 0 Å². The highest BCUT2D eigenvalue weighted by molar-refractivity contribution is 5.38. The third kappa shape index (κ3) is 2.04. The molecule has 4 heteroatoms. The van der Waals surface area contributed by atoms with E-state index in [1.807, 2.05) is 12.1 Å². The summed E-state index contributed by atoms with van der Waals surface area (Å²) < 4.78 is 5.48. The molecule has 0 aromatic heterocycles. The van der Waals surface area contributed by atoms with Crippen molar-refractivity contribution in [1.29, 1.82) is 0 Å². The van der Waals surface area contributed by atoms with Gasteiger partial charge in [-0.1, -0.05) is 18.2 Å². The van der Waals surface area contributed by atoms with Gasteiger partial charge in [0.15, 0.2) is 0 Å². The molecule has 1 aromatic carbocycles. The van der Waals surface area contributed by atoms with Crippen LogP contribution in [-0.4, -0.2) is 36.6 Å². The molecule has 1 aliphatic rings. The van der Waals surface area contributed by atoms with Gasteiger partial charge in [0.2, 0.25) is 0 Å². The lowest BCUT2D eigenvalue weighted by molar-refractivity contribution is 0.0538. The van der Waals surface area contributed by atoms with E-state index in [0.29, 0.717) is 18.8 Å². The normalized spacial score (nSPS) is 26.3. The third-order valence-corrected chi connectivity index (χ3v) is 2.97. The van der Waals surface area contributed by atoms with Crippen molar-refractivity contribution >= 4 is 0 Å². The first-order valence-corrected chi connectivity index (χ1v) is 5.51. The van der Waals surface area contributed by atoms with E-state index in [0.717, 1.165) is 13.0 Å². The molecule has 1 unspecified atom stereocenters. The molecule has 0 amide bonds. The van der Waals surface area contributed by atoms with Crippen molar-refractivity contribution in [2.24, 2.45) is 0 Å². The Balaban J connectivity index is 2.36. The zero-order chi connectivity index (χ0) is 11.4. The first-order chi connectivity index (χ1) is 7.78. The van der Waals surface area contributed by atoms with E-state index in [2.05, 4.69) is 5.32 Å². The molecular weight excluding hydrogens is 206 g/mol. The average molecular weight is 223 g/mol. The predicted octanol–water partition coefficient (Wildman–Crippen LogP) is 0.590. The van der Waals surface area contributed by atoms with Gasteiger partial charge in [-0.15, -0.1) is 0 Å². The molecule has 0 radical (unpaired) electrons. The van der Waals surface area contributed by atoms with E-state index in [4.69, 9.17) is 4.74 Å². The molecule has 0 spiro atoms. The lowest BCUT2D eigenvalue weighted by Crippen LogP contribution is -2.48. The van der Waals surface area contributed by atoms with Crippen LogP contribution in [0.2, 0.25) is 0 Å². The number of phenols is 1. The quantitative estimate of drug-likeness (QED) is 0.686. The number of aliphatic hydroxyl groups is 1. The van der Waals surface area contributed by atoms with Crippen molar-refractivity contribution in [3.63, 3.8) is 0 Å². The van der Waals surface area contributed by atoms with Crippen LogP contribution < -0.4 is 5.32 Å². The topological polar surface area (TPSA) is 61.7 Å². The Labute approximate surface area is 94.9 Å². The fourth-order valence-electron chi connectivity index (χ4n) is 2.04. The Kier molecular flexibility index (Phi) is 3.43. The van der Waals surface area contributed by atoms with Gasteiger partial charge in [0, 0.05) is 12.2 Å². The smallest absolute Gasteiger partial charge is 0.120 e. The molecule has 2 rings (SSSR count). The van der Waals surface area contributed by atoms with Gasteiger partial charge in [0.05, 0.1) is 18.8 Å². The number of nitrogens with one attached hydrogen (secondary N) is 1. The molecule has 88 valence electrons. The summed E-state index contributed by atoms with van der Waals surface area (Å²) >= 11 is 0. The molecule has 1 heterocycles. The molecule has 1 fully saturated rings. The first kappa shape index (κ1) is 11.4. The largest absolute Gasteiger partial charge is 0.508 e. The Bertz CT molecular complexity index is 346. The Morgan fingerprint density at radius 1 is 1.38 bits per heavy atom. The number of phenolic OH excluding ortho intramolecular Hbond substituents is 1. The second-order valence-corrected chi connectivity index (χ2v) is 4.09. The average Bonchev–Trinajstić information content (AvgIpc) is 2.56. The minimum absolute atomic E-state index is 0.0927. The number of benzene rings is 1. The molecule has 1 saturated heterocycles. The number of hydrogen-bond acceptors (Lipinski definition) is 4. The molecule has 16 heavy (non-hydrogen) atoms. The fourth-order valence-corrected chi connectivity index (χ4v) is 2.04. The SMILES string of the molecule is OCC1(c2ccccc2O)COCCCN1. The van der Waals surface area contributed by atoms with Crippen LogP contribution in [0.3, 0.4) is 0 Å². The van der Waals surface area contributed by atoms with Crippen LogP contribution in [0.1, 0.15) is 12.0 Å². The molecule has 3 N–H and O–H groups in total. The van der Waals surface area contributed by atoms with Crippen molar-refractivity contribution in [2.45, 2.75) is 12.0 Å². The van der Waals surface area contributed by atoms with Crippen molar-refractivity contribution in [1.82, 2.24) is 5.32 Å². The molecular formula is C12H17NO3. The maximum atomic E-state index is 9.84. The summed E-state index contributed by atoms with van der Waals surface area (Å²) in [6.45, 7) is 1.74. The number of rotatable bonds is 2. The maximum Gasteiger partial charge on any atom is 0.120 e. The zero-order valence-corrected chi connectivity index (χ0v) is 9.15. The van der Waals surface area contributed by atoms with Gasteiger partial charge < -0.3 is 20.3 Å². The first-order valence-electron chi connectivity index (χ1n) is 5.51. The highest BCUT2D eigenvalue weighted by Crippen LogP contribution is 2.30. The zero-order valence-electron chi connectivity index (χ0n) is 9.15. The van der Waals surface area contributed by atoms with E-state index >= 15 is 0 Å². The molecule has 4 nitrogen and oxygen atoms in total. The van der Waals surface area contributed by atoms with E-state index in [1.165, 1.54) is 0 Å². The van der Waals surface area contributed by atoms with Crippen molar-refractivity contribution in [2.75, 3.05) is 26.4 Å². The van der Waals surface area contributed by atoms with E-state index in [1.54, 1.807) is 12.1 Å². The minimum atomic E-state index is -0.679. The van der Waals surface area contributed by atoms with Gasteiger partial charge in [-0.25, -0.2) is 0 Å². The minimum Gasteiger partial charge on any atom is -0.508 e. The maximum absolute atomic E-state index is 9.84. The van der Waals surface area contributed by atoms with Gasteiger partial charge in [-0.2, -0.15) is 0 Å². The van der Waals surface area contributed by atoms with E-state index < -0.39 is 5.54 Å². The molecule has 0 saturated carbocycles. The third-order valence-electron chi connectivity index (χ3n) is 2.97. The van der Waals surface area contributed by atoms with Crippen LogP contribution in [-0.2, 0) is 10.3 Å². The van der Waals surface area contributed by atoms with Crippen molar-refractivity contribution in [3.05, 3.63) is 29.8 Å². The van der Waals surface area contributed by atoms with Crippen molar-refractivity contribution in [3.8, 4) is 5.75 Å². The second-order valence-electron chi connectivity index (χ2n) is 4.09. The summed E-state index contributed by atoms with van der Waals surface area (Å²) in [4.78, 5) is 0. The number of hydrogen-bond donors (Lipinski definition) is 3. The van der Waals surface area contributed by atoms with Gasteiger partial charge in [0.25, 0.3) is 0 Å². The van der Waals surface area contributed by atoms with Crippen LogP contribution >= 0.6 is 0 Å². The summed E-state index contributed by atoms with van der Waals surface area (Å²) in [5.74, 6) is 0.189. The number of para-hydroxylation sites is 1. The number of aromatic hydroxyl groups is 1. The molecule has 1 aliphatic heterocycles. The molecule has 0 bridgehead atoms.